The Kier molecular flexibility index (Phi) is 4.88. The van der Waals surface area contributed by atoms with Gasteiger partial charge in [0.1, 0.15) is 5.82 Å². The van der Waals surface area contributed by atoms with Gasteiger partial charge in [0, 0.05) is 18.2 Å². The second-order valence-electron chi connectivity index (χ2n) is 5.05. The first kappa shape index (κ1) is 14.7. The Balaban J connectivity index is 2.46. The maximum atomic E-state index is 14.2. The van der Waals surface area contributed by atoms with E-state index in [0.29, 0.717) is 18.4 Å². The molecular weight excluding hydrogens is 253 g/mol. The molecule has 0 bridgehead atoms. The lowest BCUT2D eigenvalue weighted by atomic mass is 9.92. The summed E-state index contributed by atoms with van der Waals surface area (Å²) in [5.74, 6) is -0.257. The quantitative estimate of drug-likeness (QED) is 0.874. The molecule has 0 aliphatic heterocycles. The summed E-state index contributed by atoms with van der Waals surface area (Å²) in [6.07, 6.45) is 1.25. The molecule has 0 aliphatic rings. The lowest BCUT2D eigenvalue weighted by Gasteiger charge is -2.17. The van der Waals surface area contributed by atoms with Gasteiger partial charge in [-0.25, -0.2) is 4.39 Å². The summed E-state index contributed by atoms with van der Waals surface area (Å²) in [5.41, 5.74) is 9.44. The van der Waals surface area contributed by atoms with Crippen molar-refractivity contribution in [2.75, 3.05) is 6.61 Å². The second-order valence-corrected chi connectivity index (χ2v) is 5.05. The zero-order valence-electron chi connectivity index (χ0n) is 11.6. The third kappa shape index (κ3) is 3.24. The maximum Gasteiger partial charge on any atom is 0.131 e. The van der Waals surface area contributed by atoms with E-state index in [1.807, 2.05) is 37.3 Å². The topological polar surface area (TPSA) is 46.2 Å². The Hall–Kier alpha value is -1.71. The molecule has 2 aromatic rings. The number of nitrogens with two attached hydrogens (primary N) is 1. The predicted molar refractivity (Wildman–Crippen MR) is 79.8 cm³/mol. The Morgan fingerprint density at radius 3 is 2.65 bits per heavy atom. The zero-order valence-corrected chi connectivity index (χ0v) is 11.6. The van der Waals surface area contributed by atoms with Crippen molar-refractivity contribution in [3.63, 3.8) is 0 Å². The first-order chi connectivity index (χ1) is 9.63. The fourth-order valence-corrected chi connectivity index (χ4v) is 2.42. The van der Waals surface area contributed by atoms with Crippen LogP contribution in [0.1, 0.15) is 30.0 Å². The SMILES string of the molecule is Cc1cccc(-c2c(F)cccc2C(N)CCCO)c1. The molecule has 0 fully saturated rings. The van der Waals surface area contributed by atoms with Gasteiger partial charge in [0.05, 0.1) is 0 Å². The van der Waals surface area contributed by atoms with Gasteiger partial charge in [-0.15, -0.1) is 0 Å². The Labute approximate surface area is 119 Å². The maximum absolute atomic E-state index is 14.2. The minimum Gasteiger partial charge on any atom is -0.396 e. The van der Waals surface area contributed by atoms with Crippen LogP contribution >= 0.6 is 0 Å². The summed E-state index contributed by atoms with van der Waals surface area (Å²) >= 11 is 0. The van der Waals surface area contributed by atoms with E-state index in [1.54, 1.807) is 6.07 Å². The molecule has 0 aromatic heterocycles. The number of hydrogen-bond donors (Lipinski definition) is 2. The standard InChI is InChI=1S/C17H20FNO/c1-12-5-2-6-13(11-12)17-14(7-3-8-15(17)18)16(19)9-4-10-20/h2-3,5-8,11,16,20H,4,9-10,19H2,1H3. The largest absolute Gasteiger partial charge is 0.396 e. The average Bonchev–Trinajstić information content (AvgIpc) is 2.44. The summed E-state index contributed by atoms with van der Waals surface area (Å²) < 4.78 is 14.2. The molecule has 0 saturated carbocycles. The summed E-state index contributed by atoms with van der Waals surface area (Å²) in [5, 5.41) is 8.91. The normalized spacial score (nSPS) is 12.4. The van der Waals surface area contributed by atoms with Crippen LogP contribution in [0.4, 0.5) is 4.39 Å². The molecule has 3 heteroatoms. The molecule has 0 heterocycles. The molecule has 2 aromatic carbocycles. The van der Waals surface area contributed by atoms with Gasteiger partial charge in [-0.1, -0.05) is 42.0 Å². The lowest BCUT2D eigenvalue weighted by molar-refractivity contribution is 0.280. The van der Waals surface area contributed by atoms with E-state index in [-0.39, 0.29) is 18.5 Å². The van der Waals surface area contributed by atoms with Gasteiger partial charge in [0.15, 0.2) is 0 Å². The van der Waals surface area contributed by atoms with E-state index in [0.717, 1.165) is 16.7 Å². The number of aryl methyl sites for hydroxylation is 1. The van der Waals surface area contributed by atoms with Crippen molar-refractivity contribution in [1.29, 1.82) is 0 Å². The van der Waals surface area contributed by atoms with Gasteiger partial charge in [0.2, 0.25) is 0 Å². The Morgan fingerprint density at radius 1 is 1.20 bits per heavy atom. The van der Waals surface area contributed by atoms with Crippen LogP contribution < -0.4 is 5.73 Å². The molecule has 0 spiro atoms. The highest BCUT2D eigenvalue weighted by Crippen LogP contribution is 2.32. The Morgan fingerprint density at radius 2 is 1.95 bits per heavy atom. The van der Waals surface area contributed by atoms with E-state index in [1.165, 1.54) is 6.07 Å². The molecule has 2 rings (SSSR count). The van der Waals surface area contributed by atoms with Crippen LogP contribution in [-0.4, -0.2) is 11.7 Å². The molecule has 1 atom stereocenters. The second kappa shape index (κ2) is 6.64. The van der Waals surface area contributed by atoms with Crippen molar-refractivity contribution in [2.24, 2.45) is 5.73 Å². The molecular formula is C17H20FNO. The van der Waals surface area contributed by atoms with E-state index in [9.17, 15) is 4.39 Å². The van der Waals surface area contributed by atoms with Gasteiger partial charge < -0.3 is 10.8 Å². The smallest absolute Gasteiger partial charge is 0.131 e. The van der Waals surface area contributed by atoms with Crippen LogP contribution in [-0.2, 0) is 0 Å². The molecule has 0 aliphatic carbocycles. The van der Waals surface area contributed by atoms with Crippen molar-refractivity contribution >= 4 is 0 Å². The van der Waals surface area contributed by atoms with Crippen molar-refractivity contribution in [3.8, 4) is 11.1 Å². The minimum atomic E-state index is -0.270. The molecule has 20 heavy (non-hydrogen) atoms. The highest BCUT2D eigenvalue weighted by Gasteiger charge is 2.16. The third-order valence-corrected chi connectivity index (χ3v) is 3.43. The third-order valence-electron chi connectivity index (χ3n) is 3.43. The van der Waals surface area contributed by atoms with Crippen LogP contribution in [0.25, 0.3) is 11.1 Å². The van der Waals surface area contributed by atoms with Crippen LogP contribution in [0.2, 0.25) is 0 Å². The molecule has 0 saturated heterocycles. The van der Waals surface area contributed by atoms with Crippen molar-refractivity contribution in [1.82, 2.24) is 0 Å². The van der Waals surface area contributed by atoms with E-state index >= 15 is 0 Å². The fraction of sp³-hybridized carbons (Fsp3) is 0.294. The predicted octanol–water partition coefficient (Wildman–Crippen LogP) is 3.57. The zero-order chi connectivity index (χ0) is 14.5. The van der Waals surface area contributed by atoms with E-state index < -0.39 is 0 Å². The number of aliphatic hydroxyl groups excluding tert-OH is 1. The number of aliphatic hydroxyl groups is 1. The van der Waals surface area contributed by atoms with E-state index in [4.69, 9.17) is 10.8 Å². The number of hydrogen-bond acceptors (Lipinski definition) is 2. The molecule has 2 nitrogen and oxygen atoms in total. The number of benzene rings is 2. The summed E-state index contributed by atoms with van der Waals surface area (Å²) in [6.45, 7) is 2.08. The lowest BCUT2D eigenvalue weighted by Crippen LogP contribution is -2.13. The van der Waals surface area contributed by atoms with Crippen molar-refractivity contribution in [3.05, 3.63) is 59.4 Å². The van der Waals surface area contributed by atoms with Crippen molar-refractivity contribution in [2.45, 2.75) is 25.8 Å². The molecule has 1 unspecified atom stereocenters. The van der Waals surface area contributed by atoms with Crippen LogP contribution in [0, 0.1) is 12.7 Å². The average molecular weight is 273 g/mol. The molecule has 0 amide bonds. The molecule has 106 valence electrons. The van der Waals surface area contributed by atoms with Gasteiger partial charge in [-0.2, -0.15) is 0 Å². The summed E-state index contributed by atoms with van der Waals surface area (Å²) in [6, 6.07) is 12.5. The molecule has 0 radical (unpaired) electrons. The summed E-state index contributed by atoms with van der Waals surface area (Å²) in [4.78, 5) is 0. The van der Waals surface area contributed by atoms with Crippen LogP contribution in [0.3, 0.4) is 0 Å². The van der Waals surface area contributed by atoms with Crippen molar-refractivity contribution < 1.29 is 9.50 Å². The van der Waals surface area contributed by atoms with Crippen LogP contribution in [0.15, 0.2) is 42.5 Å². The summed E-state index contributed by atoms with van der Waals surface area (Å²) in [7, 11) is 0. The van der Waals surface area contributed by atoms with Crippen LogP contribution in [0.5, 0.6) is 0 Å². The van der Waals surface area contributed by atoms with Gasteiger partial charge >= 0.3 is 0 Å². The first-order valence-corrected chi connectivity index (χ1v) is 6.85. The first-order valence-electron chi connectivity index (χ1n) is 6.85. The number of rotatable bonds is 5. The molecule has 3 N–H and O–H groups in total. The van der Waals surface area contributed by atoms with Gasteiger partial charge in [0.25, 0.3) is 0 Å². The highest BCUT2D eigenvalue weighted by atomic mass is 19.1. The Bertz CT molecular complexity index is 583. The van der Waals surface area contributed by atoms with E-state index in [2.05, 4.69) is 0 Å². The fourth-order valence-electron chi connectivity index (χ4n) is 2.42. The minimum absolute atomic E-state index is 0.1000. The monoisotopic (exact) mass is 273 g/mol. The highest BCUT2D eigenvalue weighted by molar-refractivity contribution is 5.69. The van der Waals surface area contributed by atoms with Gasteiger partial charge in [-0.05, 0) is 37.0 Å². The number of halogens is 1. The van der Waals surface area contributed by atoms with Gasteiger partial charge in [-0.3, -0.25) is 0 Å².